The highest BCUT2D eigenvalue weighted by Gasteiger charge is 2.29. The van der Waals surface area contributed by atoms with Gasteiger partial charge < -0.3 is 5.32 Å². The number of benzene rings is 2. The van der Waals surface area contributed by atoms with Gasteiger partial charge in [0.05, 0.1) is 40.2 Å². The zero-order valence-corrected chi connectivity index (χ0v) is 19.5. The smallest absolute Gasteiger partial charge is 0.258 e. The van der Waals surface area contributed by atoms with Crippen LogP contribution in [0.4, 0.5) is 5.82 Å². The predicted octanol–water partition coefficient (Wildman–Crippen LogP) is 3.76. The Bertz CT molecular complexity index is 1360. The first-order valence-corrected chi connectivity index (χ1v) is 12.2. The van der Waals surface area contributed by atoms with E-state index in [1.54, 1.807) is 13.0 Å². The Morgan fingerprint density at radius 3 is 2.73 bits per heavy atom. The maximum atomic E-state index is 13.3. The van der Waals surface area contributed by atoms with Gasteiger partial charge in [-0.1, -0.05) is 35.9 Å². The zero-order chi connectivity index (χ0) is 23.6. The van der Waals surface area contributed by atoms with Crippen LogP contribution in [0.3, 0.4) is 0 Å². The summed E-state index contributed by atoms with van der Waals surface area (Å²) >= 11 is 6.25. The normalized spacial score (nSPS) is 13.8. The van der Waals surface area contributed by atoms with Crippen LogP contribution < -0.4 is 5.32 Å². The molecule has 0 fully saturated rings. The molecule has 170 valence electrons. The number of nitrogens with zero attached hydrogens (tertiary/aromatic N) is 4. The summed E-state index contributed by atoms with van der Waals surface area (Å²) in [6.45, 7) is 2.73. The van der Waals surface area contributed by atoms with Crippen LogP contribution in [-0.4, -0.2) is 35.0 Å². The van der Waals surface area contributed by atoms with Gasteiger partial charge in [-0.25, -0.2) is 13.1 Å². The van der Waals surface area contributed by atoms with Gasteiger partial charge in [0.15, 0.2) is 0 Å². The highest BCUT2D eigenvalue weighted by atomic mass is 35.5. The van der Waals surface area contributed by atoms with E-state index in [4.69, 9.17) is 16.9 Å². The fourth-order valence-corrected chi connectivity index (χ4v) is 5.47. The van der Waals surface area contributed by atoms with Crippen molar-refractivity contribution in [1.29, 1.82) is 5.26 Å². The number of carbonyl (C=O) groups excluding carboxylic acids is 1. The van der Waals surface area contributed by atoms with E-state index in [0.29, 0.717) is 31.0 Å². The number of hydrogen-bond donors (Lipinski definition) is 1. The van der Waals surface area contributed by atoms with Crippen LogP contribution in [0.5, 0.6) is 0 Å². The maximum Gasteiger partial charge on any atom is 0.258 e. The first-order valence-electron chi connectivity index (χ1n) is 10.4. The van der Waals surface area contributed by atoms with Crippen LogP contribution in [0, 0.1) is 18.3 Å². The van der Waals surface area contributed by atoms with Crippen molar-refractivity contribution in [3.8, 4) is 6.07 Å². The fraction of sp³-hybridized carbons (Fsp3) is 0.261. The molecule has 8 nitrogen and oxygen atoms in total. The van der Waals surface area contributed by atoms with Crippen LogP contribution >= 0.6 is 11.6 Å². The molecule has 10 heteroatoms. The first kappa shape index (κ1) is 23.0. The lowest BCUT2D eigenvalue weighted by Crippen LogP contribution is -2.36. The van der Waals surface area contributed by atoms with Gasteiger partial charge in [0, 0.05) is 19.2 Å². The first-order chi connectivity index (χ1) is 15.8. The highest BCUT2D eigenvalue weighted by molar-refractivity contribution is 7.89. The Morgan fingerprint density at radius 2 is 1.97 bits per heavy atom. The second-order valence-corrected chi connectivity index (χ2v) is 10.1. The van der Waals surface area contributed by atoms with Crippen molar-refractivity contribution in [2.24, 2.45) is 0 Å². The van der Waals surface area contributed by atoms with Crippen molar-refractivity contribution in [2.45, 2.75) is 37.8 Å². The third kappa shape index (κ3) is 4.78. The Morgan fingerprint density at radius 1 is 1.21 bits per heavy atom. The van der Waals surface area contributed by atoms with E-state index >= 15 is 0 Å². The van der Waals surface area contributed by atoms with Crippen LogP contribution in [0.25, 0.3) is 0 Å². The number of nitriles is 1. The van der Waals surface area contributed by atoms with Crippen molar-refractivity contribution in [3.63, 3.8) is 0 Å². The van der Waals surface area contributed by atoms with Crippen LogP contribution in [-0.2, 0) is 29.5 Å². The Labute approximate surface area is 197 Å². The van der Waals surface area contributed by atoms with Gasteiger partial charge in [0.1, 0.15) is 5.82 Å². The molecule has 0 saturated heterocycles. The topological polar surface area (TPSA) is 108 Å². The number of aryl methyl sites for hydroxylation is 2. The molecule has 0 bridgehead atoms. The summed E-state index contributed by atoms with van der Waals surface area (Å²) in [6.07, 6.45) is 0.861. The van der Waals surface area contributed by atoms with Gasteiger partial charge >= 0.3 is 0 Å². The summed E-state index contributed by atoms with van der Waals surface area (Å²) in [5, 5.41) is 16.0. The Balaban J connectivity index is 1.59. The zero-order valence-electron chi connectivity index (χ0n) is 18.0. The van der Waals surface area contributed by atoms with E-state index in [0.717, 1.165) is 11.1 Å². The SMILES string of the molecule is Cc1cc(NC(=O)c2cc(S(=O)(=O)N3CCc4ccccc4C3)ccc2Cl)n(CCC#N)n1. The van der Waals surface area contributed by atoms with E-state index in [1.807, 2.05) is 30.3 Å². The quantitative estimate of drug-likeness (QED) is 0.574. The van der Waals surface area contributed by atoms with Gasteiger partial charge in [-0.05, 0) is 42.7 Å². The van der Waals surface area contributed by atoms with Gasteiger partial charge in [-0.3, -0.25) is 4.79 Å². The Hall–Kier alpha value is -3.19. The second-order valence-electron chi connectivity index (χ2n) is 7.76. The Kier molecular flexibility index (Phi) is 6.51. The van der Waals surface area contributed by atoms with Crippen molar-refractivity contribution in [2.75, 3.05) is 11.9 Å². The summed E-state index contributed by atoms with van der Waals surface area (Å²) in [5.74, 6) is -0.149. The molecule has 4 rings (SSSR count). The summed E-state index contributed by atoms with van der Waals surface area (Å²) in [7, 11) is -3.83. The number of sulfonamides is 1. The molecule has 1 N–H and O–H groups in total. The fourth-order valence-electron chi connectivity index (χ4n) is 3.82. The van der Waals surface area contributed by atoms with Crippen molar-refractivity contribution < 1.29 is 13.2 Å². The molecule has 1 amide bonds. The van der Waals surface area contributed by atoms with Gasteiger partial charge in [-0.2, -0.15) is 14.7 Å². The number of carbonyl (C=O) groups is 1. The molecule has 1 aliphatic heterocycles. The van der Waals surface area contributed by atoms with Crippen molar-refractivity contribution >= 4 is 33.3 Å². The monoisotopic (exact) mass is 483 g/mol. The van der Waals surface area contributed by atoms with Crippen LogP contribution in [0.1, 0.15) is 33.6 Å². The number of rotatable bonds is 6. The number of fused-ring (bicyclic) bond motifs is 1. The molecule has 0 aliphatic carbocycles. The van der Waals surface area contributed by atoms with Crippen molar-refractivity contribution in [1.82, 2.24) is 14.1 Å². The summed E-state index contributed by atoms with van der Waals surface area (Å²) in [5.41, 5.74) is 2.83. The molecule has 0 unspecified atom stereocenters. The summed E-state index contributed by atoms with van der Waals surface area (Å²) < 4.78 is 29.6. The molecule has 1 aliphatic rings. The molecule has 33 heavy (non-hydrogen) atoms. The van der Waals surface area contributed by atoms with Gasteiger partial charge in [-0.15, -0.1) is 0 Å². The molecule has 0 radical (unpaired) electrons. The lowest BCUT2D eigenvalue weighted by atomic mass is 10.0. The highest BCUT2D eigenvalue weighted by Crippen LogP contribution is 2.28. The number of nitrogens with one attached hydrogen (secondary N) is 1. The third-order valence-corrected chi connectivity index (χ3v) is 7.67. The molecule has 2 aromatic carbocycles. The minimum Gasteiger partial charge on any atom is -0.307 e. The molecule has 0 saturated carbocycles. The molecule has 0 spiro atoms. The lowest BCUT2D eigenvalue weighted by molar-refractivity contribution is 0.102. The average Bonchev–Trinajstić information content (AvgIpc) is 3.15. The average molecular weight is 484 g/mol. The van der Waals surface area contributed by atoms with Crippen LogP contribution in [0.2, 0.25) is 5.02 Å². The predicted molar refractivity (Wildman–Crippen MR) is 124 cm³/mol. The number of hydrogen-bond acceptors (Lipinski definition) is 5. The van der Waals surface area contributed by atoms with Crippen LogP contribution in [0.15, 0.2) is 53.4 Å². The number of amides is 1. The second kappa shape index (κ2) is 9.35. The molecule has 2 heterocycles. The molecular formula is C23H22ClN5O3S. The number of anilines is 1. The van der Waals surface area contributed by atoms with Gasteiger partial charge in [0.2, 0.25) is 10.0 Å². The van der Waals surface area contributed by atoms with Gasteiger partial charge in [0.25, 0.3) is 5.91 Å². The molecule has 1 aromatic heterocycles. The molecular weight excluding hydrogens is 462 g/mol. The number of halogens is 1. The minimum atomic E-state index is -3.83. The van der Waals surface area contributed by atoms with E-state index in [9.17, 15) is 13.2 Å². The minimum absolute atomic E-state index is 0.00519. The summed E-state index contributed by atoms with van der Waals surface area (Å²) in [6, 6.07) is 15.6. The van der Waals surface area contributed by atoms with E-state index in [-0.39, 0.29) is 28.4 Å². The van der Waals surface area contributed by atoms with E-state index in [1.165, 1.54) is 27.2 Å². The maximum absolute atomic E-state index is 13.3. The number of aromatic nitrogens is 2. The molecule has 0 atom stereocenters. The summed E-state index contributed by atoms with van der Waals surface area (Å²) in [4.78, 5) is 13.0. The van der Waals surface area contributed by atoms with E-state index in [2.05, 4.69) is 10.4 Å². The lowest BCUT2D eigenvalue weighted by Gasteiger charge is -2.28. The third-order valence-electron chi connectivity index (χ3n) is 5.49. The van der Waals surface area contributed by atoms with E-state index < -0.39 is 15.9 Å². The molecule has 3 aromatic rings. The van der Waals surface area contributed by atoms with Crippen molar-refractivity contribution in [3.05, 3.63) is 75.9 Å². The largest absolute Gasteiger partial charge is 0.307 e. The standard InChI is InChI=1S/C23H22ClN5O3S/c1-16-13-22(29(27-16)11-4-10-25)26-23(30)20-14-19(7-8-21(20)24)33(31,32)28-12-9-17-5-2-3-6-18(17)15-28/h2-3,5-8,13-14H,4,9,11-12,15H2,1H3,(H,26,30).